The van der Waals surface area contributed by atoms with Gasteiger partial charge < -0.3 is 10.4 Å². The molecule has 2 N–H and O–H groups in total. The fourth-order valence-corrected chi connectivity index (χ4v) is 1.74. The van der Waals surface area contributed by atoms with E-state index in [1.165, 1.54) is 23.9 Å². The summed E-state index contributed by atoms with van der Waals surface area (Å²) in [7, 11) is 0. The molecule has 0 saturated carbocycles. The predicted octanol–water partition coefficient (Wildman–Crippen LogP) is 0.921. The molecule has 2 aromatic heterocycles. The third kappa shape index (κ3) is 3.30. The Labute approximate surface area is 102 Å². The molecule has 2 rings (SSSR count). The van der Waals surface area contributed by atoms with E-state index in [9.17, 15) is 4.79 Å². The van der Waals surface area contributed by atoms with E-state index in [0.717, 1.165) is 5.69 Å². The van der Waals surface area contributed by atoms with Crippen LogP contribution in [-0.2, 0) is 13.1 Å². The maximum atomic E-state index is 10.6. The number of nitrogens with one attached hydrogen (secondary N) is 1. The number of hydrogen-bond acceptors (Lipinski definition) is 6. The van der Waals surface area contributed by atoms with Gasteiger partial charge in [0, 0.05) is 18.5 Å². The molecule has 0 unspecified atom stereocenters. The Hall–Kier alpha value is -1.86. The molecular formula is C10H10N4O2S. The van der Waals surface area contributed by atoms with Crippen LogP contribution in [0.5, 0.6) is 0 Å². The maximum absolute atomic E-state index is 10.6. The molecule has 0 aliphatic rings. The van der Waals surface area contributed by atoms with Crippen molar-refractivity contribution >= 4 is 17.5 Å². The van der Waals surface area contributed by atoms with Crippen molar-refractivity contribution in [1.82, 2.24) is 19.7 Å². The highest BCUT2D eigenvalue weighted by Gasteiger charge is 2.04. The molecule has 88 valence electrons. The molecule has 0 fully saturated rings. The number of carboxylic acid groups (broad SMARTS) is 1. The van der Waals surface area contributed by atoms with Gasteiger partial charge in [-0.2, -0.15) is 4.37 Å². The van der Waals surface area contributed by atoms with Gasteiger partial charge in [0.1, 0.15) is 0 Å². The van der Waals surface area contributed by atoms with Gasteiger partial charge in [0.15, 0.2) is 5.69 Å². The van der Waals surface area contributed by atoms with Crippen LogP contribution >= 0.6 is 11.5 Å². The summed E-state index contributed by atoms with van der Waals surface area (Å²) in [6, 6.07) is 1.94. The van der Waals surface area contributed by atoms with Crippen molar-refractivity contribution in [2.45, 2.75) is 13.1 Å². The molecular weight excluding hydrogens is 240 g/mol. The summed E-state index contributed by atoms with van der Waals surface area (Å²) in [6.07, 6.45) is 2.71. The summed E-state index contributed by atoms with van der Waals surface area (Å²) in [6.45, 7) is 1.19. The lowest BCUT2D eigenvalue weighted by atomic mass is 10.4. The third-order valence-electron chi connectivity index (χ3n) is 2.03. The monoisotopic (exact) mass is 250 g/mol. The van der Waals surface area contributed by atoms with Crippen LogP contribution in [0.4, 0.5) is 0 Å². The van der Waals surface area contributed by atoms with E-state index < -0.39 is 5.97 Å². The SMILES string of the molecule is O=C(O)c1cnc(CNCc2ccsn2)cn1. The van der Waals surface area contributed by atoms with Crippen LogP contribution in [0.15, 0.2) is 23.8 Å². The molecule has 17 heavy (non-hydrogen) atoms. The van der Waals surface area contributed by atoms with Crippen LogP contribution in [0.2, 0.25) is 0 Å². The van der Waals surface area contributed by atoms with Crippen LogP contribution in [0, 0.1) is 0 Å². The largest absolute Gasteiger partial charge is 0.476 e. The van der Waals surface area contributed by atoms with Crippen molar-refractivity contribution in [3.63, 3.8) is 0 Å². The van der Waals surface area contributed by atoms with Crippen LogP contribution in [0.25, 0.3) is 0 Å². The fourth-order valence-electron chi connectivity index (χ4n) is 1.20. The number of nitrogens with zero attached hydrogens (tertiary/aromatic N) is 3. The minimum Gasteiger partial charge on any atom is -0.476 e. The molecule has 0 saturated heterocycles. The lowest BCUT2D eigenvalue weighted by Gasteiger charge is -2.02. The molecule has 7 heteroatoms. The Bertz CT molecular complexity index is 484. The second-order valence-corrected chi connectivity index (χ2v) is 3.96. The van der Waals surface area contributed by atoms with E-state index in [2.05, 4.69) is 19.7 Å². The number of carbonyl (C=O) groups is 1. The zero-order chi connectivity index (χ0) is 12.1. The molecule has 2 aromatic rings. The second-order valence-electron chi connectivity index (χ2n) is 3.29. The first-order valence-corrected chi connectivity index (χ1v) is 5.73. The Morgan fingerprint density at radius 1 is 1.29 bits per heavy atom. The van der Waals surface area contributed by atoms with Crippen LogP contribution in [0.1, 0.15) is 21.9 Å². The first-order valence-electron chi connectivity index (χ1n) is 4.90. The first kappa shape index (κ1) is 11.6. The molecule has 0 spiro atoms. The number of aromatic nitrogens is 3. The van der Waals surface area contributed by atoms with Gasteiger partial charge in [0.05, 0.1) is 23.8 Å². The molecule has 0 bridgehead atoms. The van der Waals surface area contributed by atoms with E-state index in [1.807, 2.05) is 11.4 Å². The van der Waals surface area contributed by atoms with Gasteiger partial charge in [-0.3, -0.25) is 4.98 Å². The van der Waals surface area contributed by atoms with Gasteiger partial charge >= 0.3 is 5.97 Å². The lowest BCUT2D eigenvalue weighted by Crippen LogP contribution is -2.14. The Morgan fingerprint density at radius 2 is 2.12 bits per heavy atom. The molecule has 0 amide bonds. The summed E-state index contributed by atoms with van der Waals surface area (Å²) >= 11 is 1.41. The summed E-state index contributed by atoms with van der Waals surface area (Å²) in [4.78, 5) is 18.3. The quantitative estimate of drug-likeness (QED) is 0.820. The molecule has 0 aliphatic carbocycles. The van der Waals surface area contributed by atoms with Gasteiger partial charge in [-0.25, -0.2) is 9.78 Å². The second kappa shape index (κ2) is 5.46. The van der Waals surface area contributed by atoms with E-state index in [4.69, 9.17) is 5.11 Å². The lowest BCUT2D eigenvalue weighted by molar-refractivity contribution is 0.0690. The zero-order valence-corrected chi connectivity index (χ0v) is 9.65. The number of carboxylic acids is 1. The average molecular weight is 250 g/mol. The van der Waals surface area contributed by atoms with Crippen molar-refractivity contribution in [3.05, 3.63) is 40.9 Å². The highest BCUT2D eigenvalue weighted by molar-refractivity contribution is 7.03. The molecule has 0 aromatic carbocycles. The van der Waals surface area contributed by atoms with Crippen molar-refractivity contribution in [2.24, 2.45) is 0 Å². The molecule has 0 aliphatic heterocycles. The zero-order valence-electron chi connectivity index (χ0n) is 8.83. The number of hydrogen-bond donors (Lipinski definition) is 2. The van der Waals surface area contributed by atoms with E-state index >= 15 is 0 Å². The third-order valence-corrected chi connectivity index (χ3v) is 2.63. The van der Waals surface area contributed by atoms with E-state index in [-0.39, 0.29) is 5.69 Å². The molecule has 6 nitrogen and oxygen atoms in total. The Balaban J connectivity index is 1.85. The topological polar surface area (TPSA) is 88.0 Å². The summed E-state index contributed by atoms with van der Waals surface area (Å²) < 4.78 is 4.15. The van der Waals surface area contributed by atoms with E-state index in [0.29, 0.717) is 18.8 Å². The normalized spacial score (nSPS) is 10.4. The van der Waals surface area contributed by atoms with Crippen molar-refractivity contribution in [3.8, 4) is 0 Å². The van der Waals surface area contributed by atoms with Crippen molar-refractivity contribution < 1.29 is 9.90 Å². The highest BCUT2D eigenvalue weighted by Crippen LogP contribution is 2.00. The van der Waals surface area contributed by atoms with Crippen LogP contribution < -0.4 is 5.32 Å². The van der Waals surface area contributed by atoms with Crippen LogP contribution in [0.3, 0.4) is 0 Å². The molecule has 0 radical (unpaired) electrons. The van der Waals surface area contributed by atoms with Crippen molar-refractivity contribution in [1.29, 1.82) is 0 Å². The predicted molar refractivity (Wildman–Crippen MR) is 61.6 cm³/mol. The summed E-state index contributed by atoms with van der Waals surface area (Å²) in [5.74, 6) is -1.07. The summed E-state index contributed by atoms with van der Waals surface area (Å²) in [5, 5.41) is 13.7. The Kier molecular flexibility index (Phi) is 3.73. The van der Waals surface area contributed by atoms with E-state index in [1.54, 1.807) is 0 Å². The number of rotatable bonds is 5. The minimum absolute atomic E-state index is 0.0479. The summed E-state index contributed by atoms with van der Waals surface area (Å²) in [5.41, 5.74) is 1.63. The highest BCUT2D eigenvalue weighted by atomic mass is 32.1. The van der Waals surface area contributed by atoms with Gasteiger partial charge in [0.2, 0.25) is 0 Å². The maximum Gasteiger partial charge on any atom is 0.356 e. The fraction of sp³-hybridized carbons (Fsp3) is 0.200. The molecule has 2 heterocycles. The first-order chi connectivity index (χ1) is 8.25. The van der Waals surface area contributed by atoms with Crippen LogP contribution in [-0.4, -0.2) is 25.4 Å². The Morgan fingerprint density at radius 3 is 2.71 bits per heavy atom. The smallest absolute Gasteiger partial charge is 0.356 e. The van der Waals surface area contributed by atoms with Gasteiger partial charge in [-0.05, 0) is 17.6 Å². The minimum atomic E-state index is -1.07. The van der Waals surface area contributed by atoms with Gasteiger partial charge in [0.25, 0.3) is 0 Å². The molecule has 0 atom stereocenters. The van der Waals surface area contributed by atoms with Gasteiger partial charge in [-0.1, -0.05) is 0 Å². The number of aromatic carboxylic acids is 1. The van der Waals surface area contributed by atoms with Crippen molar-refractivity contribution in [2.75, 3.05) is 0 Å². The van der Waals surface area contributed by atoms with Gasteiger partial charge in [-0.15, -0.1) is 0 Å². The standard InChI is InChI=1S/C10H10N4O2S/c15-10(16)9-6-12-8(5-13-9)4-11-3-7-1-2-17-14-7/h1-2,5-6,11H,3-4H2,(H,15,16). The average Bonchev–Trinajstić information content (AvgIpc) is 2.83.